The molecule has 0 aromatic heterocycles. The van der Waals surface area contributed by atoms with Gasteiger partial charge in [0.15, 0.2) is 0 Å². The molecule has 0 aromatic carbocycles. The van der Waals surface area contributed by atoms with Gasteiger partial charge in [0, 0.05) is 0 Å². The van der Waals surface area contributed by atoms with Crippen molar-refractivity contribution in [3.05, 3.63) is 15.3 Å². The quantitative estimate of drug-likeness (QED) is 0.339. The molecule has 0 aliphatic heterocycles. The smallest absolute Gasteiger partial charge is 0.356 e. The van der Waals surface area contributed by atoms with E-state index in [-0.39, 0.29) is 75.1 Å². The monoisotopic (exact) mass is 290 g/mol. The molecule has 0 N–H and O–H groups in total. The Morgan fingerprint density at radius 3 is 1.33 bits per heavy atom. The maximum atomic E-state index is 8.25. The Bertz CT molecular complexity index is 33.8. The summed E-state index contributed by atoms with van der Waals surface area (Å²) in [6.07, 6.45) is 0. The molecule has 0 radical (unpaired) electrons. The maximum absolute atomic E-state index is 8.25. The van der Waals surface area contributed by atoms with Crippen molar-refractivity contribution in [3.8, 4) is 0 Å². The van der Waals surface area contributed by atoms with Crippen molar-refractivity contribution >= 4 is 48.9 Å². The van der Waals surface area contributed by atoms with Crippen LogP contribution in [0.5, 0.6) is 0 Å². The van der Waals surface area contributed by atoms with E-state index >= 15 is 0 Å². The average molecular weight is 291 g/mol. The predicted octanol–water partition coefficient (Wildman–Crippen LogP) is -0.622. The summed E-state index contributed by atoms with van der Waals surface area (Å²) in [6.45, 7) is 0. The minimum absolute atomic E-state index is 0. The third kappa shape index (κ3) is 44.8. The Labute approximate surface area is 93.6 Å². The molecular formula is BaNO3Zr+3. The molecule has 0 aliphatic carbocycles. The van der Waals surface area contributed by atoms with Crippen molar-refractivity contribution in [2.45, 2.75) is 0 Å². The fraction of sp³-hybridized carbons (Fsp3) is 0. The van der Waals surface area contributed by atoms with Crippen LogP contribution >= 0.6 is 0 Å². The summed E-state index contributed by atoms with van der Waals surface area (Å²) in [5, 5.41) is 14.8. The van der Waals surface area contributed by atoms with Crippen molar-refractivity contribution < 1.29 is 31.3 Å². The van der Waals surface area contributed by atoms with Gasteiger partial charge < -0.3 is 15.3 Å². The molecule has 0 heterocycles. The van der Waals surface area contributed by atoms with Gasteiger partial charge in [-0.25, -0.2) is 0 Å². The third-order valence-corrected chi connectivity index (χ3v) is 0. The summed E-state index contributed by atoms with van der Waals surface area (Å²) in [6, 6.07) is 0. The molecule has 0 saturated heterocycles. The van der Waals surface area contributed by atoms with Crippen LogP contribution in [-0.2, 0) is 26.2 Å². The first-order chi connectivity index (χ1) is 1.73. The van der Waals surface area contributed by atoms with Gasteiger partial charge in [-0.1, -0.05) is 0 Å². The van der Waals surface area contributed by atoms with Crippen LogP contribution in [0.2, 0.25) is 0 Å². The van der Waals surface area contributed by atoms with Crippen LogP contribution < -0.4 is 0 Å². The molecule has 0 bridgehead atoms. The van der Waals surface area contributed by atoms with Gasteiger partial charge in [-0.05, 0) is 0 Å². The van der Waals surface area contributed by atoms with Crippen LogP contribution in [0.3, 0.4) is 0 Å². The molecule has 0 aliphatic rings. The summed E-state index contributed by atoms with van der Waals surface area (Å²) >= 11 is 0. The second-order valence-electron chi connectivity index (χ2n) is 0.224. The molecule has 0 unspecified atom stereocenters. The first kappa shape index (κ1) is 15.6. The minimum atomic E-state index is -1.75. The van der Waals surface area contributed by atoms with E-state index in [1.54, 1.807) is 0 Å². The van der Waals surface area contributed by atoms with E-state index in [0.29, 0.717) is 0 Å². The Balaban J connectivity index is -0.0000000450. The van der Waals surface area contributed by atoms with Gasteiger partial charge in [-0.2, -0.15) is 0 Å². The number of nitrogens with zero attached hydrogens (tertiary/aromatic N) is 1. The van der Waals surface area contributed by atoms with Gasteiger partial charge in [0.05, 0.1) is 5.09 Å². The average Bonchev–Trinajstić information content (AvgIpc) is 0.811. The third-order valence-electron chi connectivity index (χ3n) is 0. The number of rotatable bonds is 0. The SMILES string of the molecule is O=[N+]([O-])[O-].[Ba+2].[Zr+2]. The summed E-state index contributed by atoms with van der Waals surface area (Å²) in [5.41, 5.74) is 0. The van der Waals surface area contributed by atoms with E-state index < -0.39 is 5.09 Å². The van der Waals surface area contributed by atoms with Gasteiger partial charge in [-0.3, -0.25) is 0 Å². The molecule has 0 atom stereocenters. The Morgan fingerprint density at radius 1 is 1.33 bits per heavy atom. The number of hydrogen-bond acceptors (Lipinski definition) is 3. The van der Waals surface area contributed by atoms with Crippen LogP contribution in [-0.4, -0.2) is 54.0 Å². The maximum Gasteiger partial charge on any atom is 2.00 e. The zero-order chi connectivity index (χ0) is 3.58. The van der Waals surface area contributed by atoms with Gasteiger partial charge in [0.1, 0.15) is 0 Å². The van der Waals surface area contributed by atoms with Crippen molar-refractivity contribution in [2.75, 3.05) is 0 Å². The molecule has 0 spiro atoms. The van der Waals surface area contributed by atoms with Gasteiger partial charge in [0.2, 0.25) is 0 Å². The van der Waals surface area contributed by atoms with Gasteiger partial charge in [0.25, 0.3) is 0 Å². The molecule has 0 aromatic rings. The van der Waals surface area contributed by atoms with E-state index in [1.165, 1.54) is 0 Å². The standard InChI is InChI=1S/Ba.NO3.Zr/c;2-1(3)4;/q+2;-1;+2. The Morgan fingerprint density at radius 2 is 1.33 bits per heavy atom. The Kier molecular flexibility index (Phi) is 25.6. The normalized spacial score (nSPS) is 4.00. The fourth-order valence-corrected chi connectivity index (χ4v) is 0. The van der Waals surface area contributed by atoms with E-state index in [9.17, 15) is 0 Å². The van der Waals surface area contributed by atoms with Crippen molar-refractivity contribution in [3.63, 3.8) is 0 Å². The van der Waals surface area contributed by atoms with E-state index in [0.717, 1.165) is 0 Å². The minimum Gasteiger partial charge on any atom is -0.356 e. The first-order valence-electron chi connectivity index (χ1n) is 0.548. The van der Waals surface area contributed by atoms with E-state index in [2.05, 4.69) is 0 Å². The van der Waals surface area contributed by atoms with Crippen LogP contribution in [0, 0.1) is 15.3 Å². The topological polar surface area (TPSA) is 66.2 Å². The van der Waals surface area contributed by atoms with Crippen molar-refractivity contribution in [1.29, 1.82) is 0 Å². The summed E-state index contributed by atoms with van der Waals surface area (Å²) in [4.78, 5) is 8.25. The van der Waals surface area contributed by atoms with Crippen LogP contribution in [0.15, 0.2) is 0 Å². The predicted molar refractivity (Wildman–Crippen MR) is 16.1 cm³/mol. The van der Waals surface area contributed by atoms with E-state index in [1.807, 2.05) is 0 Å². The molecular weight excluding hydrogens is 291 g/mol. The van der Waals surface area contributed by atoms with E-state index in [4.69, 9.17) is 15.3 Å². The number of hydrogen-bond donors (Lipinski definition) is 0. The van der Waals surface area contributed by atoms with Crippen molar-refractivity contribution in [2.24, 2.45) is 0 Å². The second-order valence-corrected chi connectivity index (χ2v) is 0.224. The second kappa shape index (κ2) is 9.82. The molecule has 0 fully saturated rings. The summed E-state index contributed by atoms with van der Waals surface area (Å²) in [7, 11) is 0. The molecule has 0 rings (SSSR count). The molecule has 26 valence electrons. The first-order valence-corrected chi connectivity index (χ1v) is 0.548. The van der Waals surface area contributed by atoms with Gasteiger partial charge in [-0.15, -0.1) is 0 Å². The molecule has 0 amide bonds. The Hall–Kier alpha value is 1.65. The molecule has 6 heteroatoms. The van der Waals surface area contributed by atoms with Crippen LogP contribution in [0.4, 0.5) is 0 Å². The molecule has 0 saturated carbocycles. The fourth-order valence-electron chi connectivity index (χ4n) is 0. The van der Waals surface area contributed by atoms with Gasteiger partial charge >= 0.3 is 75.1 Å². The van der Waals surface area contributed by atoms with Crippen LogP contribution in [0.1, 0.15) is 0 Å². The molecule has 6 heavy (non-hydrogen) atoms. The van der Waals surface area contributed by atoms with Crippen molar-refractivity contribution in [1.82, 2.24) is 0 Å². The summed E-state index contributed by atoms with van der Waals surface area (Å²) in [5.74, 6) is 0. The zero-order valence-corrected chi connectivity index (χ0v) is 9.78. The van der Waals surface area contributed by atoms with Crippen LogP contribution in [0.25, 0.3) is 0 Å². The zero-order valence-electron chi connectivity index (χ0n) is 2.88. The molecule has 4 nitrogen and oxygen atoms in total. The largest absolute Gasteiger partial charge is 2.00 e. The summed E-state index contributed by atoms with van der Waals surface area (Å²) < 4.78 is 0.